The van der Waals surface area contributed by atoms with Gasteiger partial charge >= 0.3 is 0 Å². The van der Waals surface area contributed by atoms with E-state index in [1.54, 1.807) is 12.4 Å². The van der Waals surface area contributed by atoms with Crippen LogP contribution in [0.15, 0.2) is 24.5 Å². The number of amides is 1. The number of carbonyl (C=O) groups is 1. The van der Waals surface area contributed by atoms with Gasteiger partial charge in [0.2, 0.25) is 0 Å². The Hall–Kier alpha value is -1.42. The van der Waals surface area contributed by atoms with Crippen molar-refractivity contribution < 1.29 is 4.79 Å². The molecule has 4 heteroatoms. The van der Waals surface area contributed by atoms with Crippen molar-refractivity contribution in [3.63, 3.8) is 0 Å². The van der Waals surface area contributed by atoms with Crippen molar-refractivity contribution >= 4 is 5.91 Å². The maximum absolute atomic E-state index is 12.3. The van der Waals surface area contributed by atoms with Gasteiger partial charge in [0.05, 0.1) is 5.56 Å². The fourth-order valence-corrected chi connectivity index (χ4v) is 2.94. The Morgan fingerprint density at radius 3 is 2.76 bits per heavy atom. The van der Waals surface area contributed by atoms with E-state index in [1.165, 1.54) is 6.42 Å². The van der Waals surface area contributed by atoms with Gasteiger partial charge in [-0.3, -0.25) is 9.78 Å². The Labute approximate surface area is 101 Å². The van der Waals surface area contributed by atoms with Crippen LogP contribution >= 0.6 is 0 Å². The molecule has 1 amide bonds. The molecule has 4 nitrogen and oxygen atoms in total. The van der Waals surface area contributed by atoms with Gasteiger partial charge in [0.1, 0.15) is 0 Å². The van der Waals surface area contributed by atoms with Crippen molar-refractivity contribution in [2.45, 2.75) is 6.42 Å². The number of nitrogens with zero attached hydrogens (tertiary/aromatic N) is 2. The molecule has 2 bridgehead atoms. The van der Waals surface area contributed by atoms with Crippen LogP contribution in [0.3, 0.4) is 0 Å². The van der Waals surface area contributed by atoms with Gasteiger partial charge in [-0.2, -0.15) is 0 Å². The summed E-state index contributed by atoms with van der Waals surface area (Å²) in [5.74, 6) is 1.39. The number of nitrogens with one attached hydrogen (secondary N) is 1. The Bertz CT molecular complexity index is 394. The summed E-state index contributed by atoms with van der Waals surface area (Å²) in [6.07, 6.45) is 4.63. The highest BCUT2D eigenvalue weighted by Crippen LogP contribution is 2.25. The molecule has 17 heavy (non-hydrogen) atoms. The third kappa shape index (κ3) is 2.17. The topological polar surface area (TPSA) is 45.2 Å². The van der Waals surface area contributed by atoms with E-state index in [1.807, 2.05) is 17.0 Å². The number of carbonyl (C=O) groups excluding carboxylic acids is 1. The molecule has 90 valence electrons. The predicted octanol–water partition coefficient (Wildman–Crippen LogP) is 0.763. The molecule has 2 aliphatic rings. The molecule has 2 atom stereocenters. The van der Waals surface area contributed by atoms with Crippen molar-refractivity contribution in [2.75, 3.05) is 26.2 Å². The number of piperidine rings is 2. The van der Waals surface area contributed by atoms with E-state index in [2.05, 4.69) is 10.3 Å². The highest BCUT2D eigenvalue weighted by atomic mass is 16.2. The van der Waals surface area contributed by atoms with Crippen LogP contribution in [0, 0.1) is 11.8 Å². The van der Waals surface area contributed by atoms with Crippen LogP contribution < -0.4 is 5.32 Å². The molecule has 1 aromatic heterocycles. The SMILES string of the molecule is O=C(c1cccnc1)N1C[C@@H]2CNC[C@@H](C2)C1. The van der Waals surface area contributed by atoms with Crippen molar-refractivity contribution in [1.29, 1.82) is 0 Å². The van der Waals surface area contributed by atoms with Gasteiger partial charge in [0.15, 0.2) is 0 Å². The lowest BCUT2D eigenvalue weighted by atomic mass is 9.85. The Morgan fingerprint density at radius 2 is 2.12 bits per heavy atom. The van der Waals surface area contributed by atoms with E-state index in [9.17, 15) is 4.79 Å². The zero-order chi connectivity index (χ0) is 11.7. The minimum atomic E-state index is 0.134. The smallest absolute Gasteiger partial charge is 0.255 e. The molecule has 0 radical (unpaired) electrons. The molecule has 0 unspecified atom stereocenters. The average molecular weight is 231 g/mol. The summed E-state index contributed by atoms with van der Waals surface area (Å²) in [6, 6.07) is 3.66. The lowest BCUT2D eigenvalue weighted by molar-refractivity contribution is 0.0537. The van der Waals surface area contributed by atoms with Crippen LogP contribution in [-0.2, 0) is 0 Å². The van der Waals surface area contributed by atoms with Crippen LogP contribution in [0.25, 0.3) is 0 Å². The number of likely N-dealkylation sites (tertiary alicyclic amines) is 1. The van der Waals surface area contributed by atoms with E-state index >= 15 is 0 Å². The fourth-order valence-electron chi connectivity index (χ4n) is 2.94. The van der Waals surface area contributed by atoms with Gasteiger partial charge in [0.25, 0.3) is 5.91 Å². The second-order valence-corrected chi connectivity index (χ2v) is 5.08. The summed E-state index contributed by atoms with van der Waals surface area (Å²) in [4.78, 5) is 18.3. The number of aromatic nitrogens is 1. The fraction of sp³-hybridized carbons (Fsp3) is 0.538. The number of pyridine rings is 1. The van der Waals surface area contributed by atoms with Crippen molar-refractivity contribution in [3.8, 4) is 0 Å². The summed E-state index contributed by atoms with van der Waals surface area (Å²) in [6.45, 7) is 3.87. The molecule has 0 aromatic carbocycles. The molecule has 3 heterocycles. The predicted molar refractivity (Wildman–Crippen MR) is 64.6 cm³/mol. The molecule has 1 aromatic rings. The molecule has 0 spiro atoms. The maximum atomic E-state index is 12.3. The lowest BCUT2D eigenvalue weighted by Crippen LogP contribution is -2.52. The highest BCUT2D eigenvalue weighted by molar-refractivity contribution is 5.93. The number of rotatable bonds is 1. The molecule has 0 saturated carbocycles. The molecule has 2 aliphatic heterocycles. The van der Waals surface area contributed by atoms with E-state index in [0.717, 1.165) is 26.2 Å². The summed E-state index contributed by atoms with van der Waals surface area (Å²) in [7, 11) is 0. The number of hydrogen-bond acceptors (Lipinski definition) is 3. The largest absolute Gasteiger partial charge is 0.338 e. The Kier molecular flexibility index (Phi) is 2.81. The van der Waals surface area contributed by atoms with Gasteiger partial charge in [-0.05, 0) is 43.5 Å². The second-order valence-electron chi connectivity index (χ2n) is 5.08. The summed E-state index contributed by atoms with van der Waals surface area (Å²) >= 11 is 0. The Balaban J connectivity index is 1.74. The van der Waals surface area contributed by atoms with Crippen LogP contribution in [0.1, 0.15) is 16.8 Å². The standard InChI is InChI=1S/C13H17N3O/c17-13(12-2-1-3-14-7-12)16-8-10-4-11(9-16)6-15-5-10/h1-3,7,10-11,15H,4-6,8-9H2/t10-,11+. The number of hydrogen-bond donors (Lipinski definition) is 1. The third-order valence-corrected chi connectivity index (χ3v) is 3.69. The van der Waals surface area contributed by atoms with E-state index in [0.29, 0.717) is 17.4 Å². The van der Waals surface area contributed by atoms with Crippen LogP contribution in [0.2, 0.25) is 0 Å². The van der Waals surface area contributed by atoms with Crippen molar-refractivity contribution in [1.82, 2.24) is 15.2 Å². The quantitative estimate of drug-likeness (QED) is 0.776. The first-order valence-electron chi connectivity index (χ1n) is 6.23. The van der Waals surface area contributed by atoms with E-state index in [4.69, 9.17) is 0 Å². The zero-order valence-electron chi connectivity index (χ0n) is 9.80. The monoisotopic (exact) mass is 231 g/mol. The second kappa shape index (κ2) is 4.45. The summed E-state index contributed by atoms with van der Waals surface area (Å²) < 4.78 is 0. The molecule has 2 fully saturated rings. The summed E-state index contributed by atoms with van der Waals surface area (Å²) in [5, 5.41) is 3.44. The Morgan fingerprint density at radius 1 is 1.35 bits per heavy atom. The van der Waals surface area contributed by atoms with Gasteiger partial charge in [-0.1, -0.05) is 0 Å². The van der Waals surface area contributed by atoms with Gasteiger partial charge in [0, 0.05) is 25.5 Å². The highest BCUT2D eigenvalue weighted by Gasteiger charge is 2.32. The molecular formula is C13H17N3O. The first-order chi connectivity index (χ1) is 8.33. The molecule has 1 N–H and O–H groups in total. The molecule has 0 aliphatic carbocycles. The van der Waals surface area contributed by atoms with Crippen molar-refractivity contribution in [2.24, 2.45) is 11.8 Å². The third-order valence-electron chi connectivity index (χ3n) is 3.69. The van der Waals surface area contributed by atoms with Crippen molar-refractivity contribution in [3.05, 3.63) is 30.1 Å². The molecule has 3 rings (SSSR count). The van der Waals surface area contributed by atoms with Crippen LogP contribution in [-0.4, -0.2) is 42.0 Å². The average Bonchev–Trinajstić information content (AvgIpc) is 2.38. The minimum absolute atomic E-state index is 0.134. The zero-order valence-corrected chi connectivity index (χ0v) is 9.80. The minimum Gasteiger partial charge on any atom is -0.338 e. The summed E-state index contributed by atoms with van der Waals surface area (Å²) in [5.41, 5.74) is 0.709. The van der Waals surface area contributed by atoms with Gasteiger partial charge in [-0.15, -0.1) is 0 Å². The molecule has 2 saturated heterocycles. The molecular weight excluding hydrogens is 214 g/mol. The van der Waals surface area contributed by atoms with Crippen LogP contribution in [0.5, 0.6) is 0 Å². The van der Waals surface area contributed by atoms with Crippen LogP contribution in [0.4, 0.5) is 0 Å². The lowest BCUT2D eigenvalue weighted by Gasteiger charge is -2.41. The normalized spacial score (nSPS) is 27.9. The van der Waals surface area contributed by atoms with Gasteiger partial charge in [-0.25, -0.2) is 0 Å². The maximum Gasteiger partial charge on any atom is 0.255 e. The van der Waals surface area contributed by atoms with E-state index in [-0.39, 0.29) is 5.91 Å². The number of fused-ring (bicyclic) bond motifs is 2. The van der Waals surface area contributed by atoms with Gasteiger partial charge < -0.3 is 10.2 Å². The first-order valence-corrected chi connectivity index (χ1v) is 6.23. The first kappa shape index (κ1) is 10.7. The van der Waals surface area contributed by atoms with E-state index < -0.39 is 0 Å².